The summed E-state index contributed by atoms with van der Waals surface area (Å²) in [5, 5.41) is 24.0. The summed E-state index contributed by atoms with van der Waals surface area (Å²) in [5.41, 5.74) is 1.42. The summed E-state index contributed by atoms with van der Waals surface area (Å²) < 4.78 is 6.89. The van der Waals surface area contributed by atoms with Gasteiger partial charge in [-0.15, -0.1) is 11.5 Å². The lowest BCUT2D eigenvalue weighted by Crippen LogP contribution is -2.19. The maximum atomic E-state index is 11.5. The van der Waals surface area contributed by atoms with Gasteiger partial charge in [-0.2, -0.15) is 5.26 Å². The van der Waals surface area contributed by atoms with Crippen molar-refractivity contribution >= 4 is 34.5 Å². The lowest BCUT2D eigenvalue weighted by Gasteiger charge is -2.12. The first-order valence-electron chi connectivity index (χ1n) is 10.00. The predicted octanol–water partition coefficient (Wildman–Crippen LogP) is 2.55. The van der Waals surface area contributed by atoms with Gasteiger partial charge >= 0.3 is 5.63 Å². The lowest BCUT2D eigenvalue weighted by atomic mass is 10.1. The van der Waals surface area contributed by atoms with E-state index in [1.165, 1.54) is 29.6 Å². The molecule has 0 radical (unpaired) electrons. The Morgan fingerprint density at radius 3 is 2.85 bits per heavy atom. The van der Waals surface area contributed by atoms with Gasteiger partial charge in [0, 0.05) is 23.6 Å². The Hall–Kier alpha value is -3.71. The van der Waals surface area contributed by atoms with Gasteiger partial charge in [0.25, 0.3) is 0 Å². The molecule has 0 atom stereocenters. The fourth-order valence-electron chi connectivity index (χ4n) is 2.99. The number of hydrogen-bond acceptors (Lipinski definition) is 11. The van der Waals surface area contributed by atoms with Crippen molar-refractivity contribution < 1.29 is 4.42 Å². The van der Waals surface area contributed by atoms with E-state index >= 15 is 0 Å². The number of nitriles is 1. The number of nitrogens with zero attached hydrogens (tertiary/aromatic N) is 8. The highest BCUT2D eigenvalue weighted by Gasteiger charge is 2.20. The molecule has 0 amide bonds. The number of fused-ring (bicyclic) bond motifs is 1. The number of rotatable bonds is 8. The number of terminal acetylenes is 1. The Labute approximate surface area is 203 Å². The molecule has 0 N–H and O–H groups in total. The van der Waals surface area contributed by atoms with Crippen LogP contribution in [0.3, 0.4) is 0 Å². The second-order valence-electron chi connectivity index (χ2n) is 7.24. The normalized spacial score (nSPS) is 11.0. The fraction of sp³-hybridized carbons (Fsp3) is 0.227. The third-order valence-electron chi connectivity index (χ3n) is 4.59. The molecule has 34 heavy (non-hydrogen) atoms. The number of benzene rings is 1. The Morgan fingerprint density at radius 1 is 1.24 bits per heavy atom. The molecule has 4 rings (SSSR count). The molecule has 0 saturated carbocycles. The van der Waals surface area contributed by atoms with Gasteiger partial charge in [0.1, 0.15) is 22.2 Å². The molecule has 170 valence electrons. The van der Waals surface area contributed by atoms with Crippen molar-refractivity contribution in [3.05, 3.63) is 46.3 Å². The SMILES string of the molecule is C#CCSc1nc(Sc2nnnn2CCN(C)C)c(C#N)c(-c2ccc3oc(=O)ccc3c2)n1. The summed E-state index contributed by atoms with van der Waals surface area (Å²) >= 11 is 2.49. The van der Waals surface area contributed by atoms with Crippen molar-refractivity contribution in [3.63, 3.8) is 0 Å². The highest BCUT2D eigenvalue weighted by atomic mass is 32.2. The van der Waals surface area contributed by atoms with E-state index in [1.54, 1.807) is 22.9 Å². The van der Waals surface area contributed by atoms with Gasteiger partial charge in [-0.3, -0.25) is 0 Å². The number of likely N-dealkylation sites (N-methyl/N-ethyl adjacent to an activating group) is 1. The largest absolute Gasteiger partial charge is 0.423 e. The zero-order chi connectivity index (χ0) is 24.1. The van der Waals surface area contributed by atoms with Gasteiger partial charge in [-0.1, -0.05) is 17.7 Å². The minimum Gasteiger partial charge on any atom is -0.423 e. The zero-order valence-electron chi connectivity index (χ0n) is 18.3. The van der Waals surface area contributed by atoms with Crippen LogP contribution >= 0.6 is 23.5 Å². The molecule has 0 spiro atoms. The van der Waals surface area contributed by atoms with Gasteiger partial charge in [0.15, 0.2) is 5.16 Å². The average Bonchev–Trinajstić information content (AvgIpc) is 3.27. The van der Waals surface area contributed by atoms with Gasteiger partial charge in [0.05, 0.1) is 18.0 Å². The Bertz CT molecular complexity index is 1480. The topological polar surface area (TPSA) is 127 Å². The van der Waals surface area contributed by atoms with Crippen molar-refractivity contribution in [3.8, 4) is 29.7 Å². The quantitative estimate of drug-likeness (QED) is 0.119. The highest BCUT2D eigenvalue weighted by molar-refractivity contribution is 7.99. The average molecular weight is 491 g/mol. The minimum atomic E-state index is -0.432. The smallest absolute Gasteiger partial charge is 0.336 e. The molecule has 3 aromatic heterocycles. The maximum Gasteiger partial charge on any atom is 0.336 e. The Kier molecular flexibility index (Phi) is 7.23. The molecule has 0 saturated heterocycles. The number of tetrazole rings is 1. The summed E-state index contributed by atoms with van der Waals surface area (Å²) in [6.45, 7) is 1.33. The number of thioether (sulfide) groups is 1. The van der Waals surface area contributed by atoms with E-state index in [1.807, 2.05) is 25.1 Å². The van der Waals surface area contributed by atoms with E-state index in [2.05, 4.69) is 37.5 Å². The molecular weight excluding hydrogens is 472 g/mol. The molecule has 0 bridgehead atoms. The second kappa shape index (κ2) is 10.5. The molecule has 10 nitrogen and oxygen atoms in total. The van der Waals surface area contributed by atoms with E-state index in [0.717, 1.165) is 6.54 Å². The van der Waals surface area contributed by atoms with Crippen molar-refractivity contribution in [2.24, 2.45) is 0 Å². The van der Waals surface area contributed by atoms with Gasteiger partial charge in [-0.05, 0) is 60.5 Å². The summed E-state index contributed by atoms with van der Waals surface area (Å²) in [6.07, 6.45) is 5.43. The molecule has 1 aromatic carbocycles. The fourth-order valence-corrected chi connectivity index (χ4v) is 4.43. The Balaban J connectivity index is 1.80. The number of hydrogen-bond donors (Lipinski definition) is 0. The van der Waals surface area contributed by atoms with Crippen molar-refractivity contribution in [1.82, 2.24) is 35.1 Å². The van der Waals surface area contributed by atoms with Gasteiger partial charge in [-0.25, -0.2) is 19.4 Å². The summed E-state index contributed by atoms with van der Waals surface area (Å²) in [4.78, 5) is 22.7. The van der Waals surface area contributed by atoms with Crippen molar-refractivity contribution in [1.29, 1.82) is 5.26 Å². The first-order chi connectivity index (χ1) is 16.5. The van der Waals surface area contributed by atoms with Crippen LogP contribution in [-0.2, 0) is 6.54 Å². The molecule has 0 aliphatic rings. The zero-order valence-corrected chi connectivity index (χ0v) is 19.9. The van der Waals surface area contributed by atoms with Crippen LogP contribution in [0.1, 0.15) is 5.56 Å². The molecular formula is C22H18N8O2S2. The van der Waals surface area contributed by atoms with Crippen LogP contribution in [0.5, 0.6) is 0 Å². The Morgan fingerprint density at radius 2 is 2.09 bits per heavy atom. The first kappa shape index (κ1) is 23.4. The third-order valence-corrected chi connectivity index (χ3v) is 6.31. The van der Waals surface area contributed by atoms with Gasteiger partial charge < -0.3 is 9.32 Å². The molecule has 0 fully saturated rings. The molecule has 12 heteroatoms. The molecule has 4 aromatic rings. The highest BCUT2D eigenvalue weighted by Crippen LogP contribution is 2.34. The molecule has 0 aliphatic carbocycles. The van der Waals surface area contributed by atoms with Crippen LogP contribution in [0.2, 0.25) is 0 Å². The van der Waals surface area contributed by atoms with E-state index in [-0.39, 0.29) is 5.56 Å². The molecule has 3 heterocycles. The van der Waals surface area contributed by atoms with Crippen LogP contribution in [0, 0.1) is 23.7 Å². The number of aromatic nitrogens is 6. The summed E-state index contributed by atoms with van der Waals surface area (Å²) in [5.74, 6) is 2.94. The van der Waals surface area contributed by atoms with E-state index in [0.29, 0.717) is 49.9 Å². The van der Waals surface area contributed by atoms with Crippen LogP contribution in [0.15, 0.2) is 54.9 Å². The van der Waals surface area contributed by atoms with E-state index < -0.39 is 5.63 Å². The van der Waals surface area contributed by atoms with E-state index in [4.69, 9.17) is 10.8 Å². The third kappa shape index (κ3) is 5.26. The van der Waals surface area contributed by atoms with Gasteiger partial charge in [0.2, 0.25) is 5.16 Å². The minimum absolute atomic E-state index is 0.286. The van der Waals surface area contributed by atoms with E-state index in [9.17, 15) is 10.1 Å². The van der Waals surface area contributed by atoms with Crippen LogP contribution in [-0.4, -0.2) is 61.5 Å². The lowest BCUT2D eigenvalue weighted by molar-refractivity contribution is 0.361. The predicted molar refractivity (Wildman–Crippen MR) is 128 cm³/mol. The summed E-state index contributed by atoms with van der Waals surface area (Å²) in [6, 6.07) is 10.5. The summed E-state index contributed by atoms with van der Waals surface area (Å²) in [7, 11) is 3.93. The molecule has 0 unspecified atom stereocenters. The van der Waals surface area contributed by atoms with Crippen LogP contribution < -0.4 is 5.63 Å². The maximum absolute atomic E-state index is 11.5. The van der Waals surface area contributed by atoms with Crippen molar-refractivity contribution in [2.45, 2.75) is 21.9 Å². The second-order valence-corrected chi connectivity index (χ2v) is 9.13. The first-order valence-corrected chi connectivity index (χ1v) is 11.8. The standard InChI is InChI=1S/C22H18N8O2S2/c1-4-11-33-21-24-19(15-5-7-17-14(12-15)6-8-18(31)32-17)16(13-23)20(25-21)34-22-26-27-28-30(22)10-9-29(2)3/h1,5-8,12H,9-11H2,2-3H3. The monoisotopic (exact) mass is 490 g/mol. The van der Waals surface area contributed by atoms with Crippen LogP contribution in [0.25, 0.3) is 22.2 Å². The van der Waals surface area contributed by atoms with Crippen molar-refractivity contribution in [2.75, 3.05) is 26.4 Å². The van der Waals surface area contributed by atoms with Crippen LogP contribution in [0.4, 0.5) is 0 Å². The molecule has 0 aliphatic heterocycles.